The number of nitrogens with zero attached hydrogens (tertiary/aromatic N) is 3. The number of hydrogen-bond acceptors (Lipinski definition) is 4. The van der Waals surface area contributed by atoms with Gasteiger partial charge in [-0.25, -0.2) is 4.98 Å². The molecule has 0 bridgehead atoms. The summed E-state index contributed by atoms with van der Waals surface area (Å²) in [6, 6.07) is 9.32. The number of nitrogens with two attached hydrogens (primary N) is 1. The zero-order valence-electron chi connectivity index (χ0n) is 18.3. The number of aryl methyl sites for hydroxylation is 1. The molecule has 30 heavy (non-hydrogen) atoms. The smallest absolute Gasteiger partial charge is 0.262 e. The van der Waals surface area contributed by atoms with E-state index in [0.717, 1.165) is 30.2 Å². The van der Waals surface area contributed by atoms with Gasteiger partial charge in [0.05, 0.1) is 17.3 Å². The summed E-state index contributed by atoms with van der Waals surface area (Å²) in [6.45, 7) is 7.50. The zero-order chi connectivity index (χ0) is 21.3. The number of fused-ring (bicyclic) bond motifs is 1. The molecule has 3 heterocycles. The van der Waals surface area contributed by atoms with Crippen LogP contribution in [0.2, 0.25) is 0 Å². The van der Waals surface area contributed by atoms with E-state index < -0.39 is 0 Å². The number of anilines is 2. The van der Waals surface area contributed by atoms with Crippen LogP contribution in [0.1, 0.15) is 59.3 Å². The van der Waals surface area contributed by atoms with E-state index in [4.69, 9.17) is 5.73 Å². The van der Waals surface area contributed by atoms with Crippen LogP contribution in [0.5, 0.6) is 0 Å². The number of nitrogens with one attached hydrogen (secondary N) is 1. The summed E-state index contributed by atoms with van der Waals surface area (Å²) in [5, 5.41) is 1.11. The van der Waals surface area contributed by atoms with Crippen LogP contribution < -0.4 is 16.2 Å². The van der Waals surface area contributed by atoms with Crippen molar-refractivity contribution in [2.75, 3.05) is 10.6 Å². The van der Waals surface area contributed by atoms with Gasteiger partial charge in [0.25, 0.3) is 5.56 Å². The maximum absolute atomic E-state index is 13.5. The van der Waals surface area contributed by atoms with Crippen LogP contribution in [0.15, 0.2) is 35.3 Å². The van der Waals surface area contributed by atoms with E-state index in [1.807, 2.05) is 10.6 Å². The normalized spacial score (nSPS) is 19.5. The van der Waals surface area contributed by atoms with Crippen LogP contribution in [0.3, 0.4) is 0 Å². The van der Waals surface area contributed by atoms with Crippen LogP contribution in [0.4, 0.5) is 11.5 Å². The van der Waals surface area contributed by atoms with Crippen LogP contribution in [0.25, 0.3) is 22.3 Å². The fourth-order valence-electron chi connectivity index (χ4n) is 4.89. The number of hydrogen-bond donors (Lipinski definition) is 2. The van der Waals surface area contributed by atoms with Crippen molar-refractivity contribution in [2.45, 2.75) is 77.9 Å². The number of benzene rings is 1. The number of aromatic nitrogens is 3. The van der Waals surface area contributed by atoms with Gasteiger partial charge < -0.3 is 20.2 Å². The molecule has 3 N–H and O–H groups in total. The van der Waals surface area contributed by atoms with Crippen molar-refractivity contribution in [1.29, 1.82) is 0 Å². The highest BCUT2D eigenvalue weighted by atomic mass is 16.1. The minimum absolute atomic E-state index is 0.00940. The van der Waals surface area contributed by atoms with E-state index in [2.05, 4.69) is 53.8 Å². The lowest BCUT2D eigenvalue weighted by Gasteiger charge is -2.41. The Morgan fingerprint density at radius 3 is 2.63 bits per heavy atom. The van der Waals surface area contributed by atoms with Gasteiger partial charge >= 0.3 is 0 Å². The van der Waals surface area contributed by atoms with E-state index in [1.165, 1.54) is 24.9 Å². The first-order valence-electron chi connectivity index (χ1n) is 11.3. The number of aromatic amines is 1. The second-order valence-corrected chi connectivity index (χ2v) is 8.66. The highest BCUT2D eigenvalue weighted by Gasteiger charge is 2.27. The molecule has 0 saturated carbocycles. The molecule has 6 heteroatoms. The number of rotatable bonds is 6. The Kier molecular flexibility index (Phi) is 5.84. The summed E-state index contributed by atoms with van der Waals surface area (Å²) in [7, 11) is 0. The summed E-state index contributed by atoms with van der Waals surface area (Å²) in [6.07, 6.45) is 8.43. The fraction of sp³-hybridized carbons (Fsp3) is 0.500. The monoisotopic (exact) mass is 407 g/mol. The first-order chi connectivity index (χ1) is 14.5. The highest BCUT2D eigenvalue weighted by molar-refractivity contribution is 5.95. The standard InChI is InChI=1S/C24H33N5O/c1-4-5-6-13-28-20-11-8-12-21(29-16(2)9-7-10-17(29)3)18(20)14-19(24(28)30)23-26-15-22(25)27-23/h8,11-12,14-17H,4-7,9-10,13,25H2,1-3H3,(H,26,27)/t16-,17+. The second-order valence-electron chi connectivity index (χ2n) is 8.66. The van der Waals surface area contributed by atoms with E-state index in [-0.39, 0.29) is 5.56 Å². The van der Waals surface area contributed by atoms with Crippen molar-refractivity contribution in [3.63, 3.8) is 0 Å². The minimum atomic E-state index is -0.00940. The molecule has 6 nitrogen and oxygen atoms in total. The molecule has 1 aliphatic heterocycles. The molecule has 4 rings (SSSR count). The average molecular weight is 408 g/mol. The molecular formula is C24H33N5O. The molecule has 1 aromatic carbocycles. The van der Waals surface area contributed by atoms with Gasteiger partial charge in [0.1, 0.15) is 11.6 Å². The van der Waals surface area contributed by atoms with Gasteiger partial charge in [0.2, 0.25) is 0 Å². The first kappa shape index (κ1) is 20.5. The lowest BCUT2D eigenvalue weighted by atomic mass is 9.95. The first-order valence-corrected chi connectivity index (χ1v) is 11.3. The molecule has 0 amide bonds. The molecule has 1 aliphatic rings. The summed E-state index contributed by atoms with van der Waals surface area (Å²) >= 11 is 0. The quantitative estimate of drug-likeness (QED) is 0.568. The van der Waals surface area contributed by atoms with Crippen LogP contribution in [-0.2, 0) is 6.54 Å². The number of unbranched alkanes of at least 4 members (excludes halogenated alkanes) is 2. The van der Waals surface area contributed by atoms with Gasteiger partial charge in [0.15, 0.2) is 0 Å². The Hall–Kier alpha value is -2.76. The minimum Gasteiger partial charge on any atom is -0.384 e. The van der Waals surface area contributed by atoms with E-state index in [0.29, 0.717) is 35.8 Å². The Bertz CT molecular complexity index is 1070. The topological polar surface area (TPSA) is 79.9 Å². The Morgan fingerprint density at radius 1 is 1.20 bits per heavy atom. The van der Waals surface area contributed by atoms with Gasteiger partial charge in [-0.05, 0) is 57.7 Å². The number of pyridine rings is 1. The van der Waals surface area contributed by atoms with Crippen molar-refractivity contribution < 1.29 is 0 Å². The SMILES string of the molecule is CCCCCn1c(=O)c(-c2ncc(N)[nH]2)cc2c(N3[C@H](C)CCC[C@@H]3C)cccc21. The molecule has 2 atom stereocenters. The third kappa shape index (κ3) is 3.71. The molecule has 0 unspecified atom stereocenters. The van der Waals surface area contributed by atoms with Crippen LogP contribution >= 0.6 is 0 Å². The molecular weight excluding hydrogens is 374 g/mol. The Morgan fingerprint density at radius 2 is 1.97 bits per heavy atom. The molecule has 1 saturated heterocycles. The van der Waals surface area contributed by atoms with Crippen molar-refractivity contribution >= 4 is 22.4 Å². The van der Waals surface area contributed by atoms with Crippen LogP contribution in [0, 0.1) is 0 Å². The van der Waals surface area contributed by atoms with Gasteiger partial charge in [-0.3, -0.25) is 4.79 Å². The van der Waals surface area contributed by atoms with Crippen LogP contribution in [-0.4, -0.2) is 26.6 Å². The molecule has 2 aromatic heterocycles. The molecule has 160 valence electrons. The molecule has 0 radical (unpaired) electrons. The van der Waals surface area contributed by atoms with E-state index in [9.17, 15) is 4.79 Å². The summed E-state index contributed by atoms with van der Waals surface area (Å²) in [5.74, 6) is 1.01. The summed E-state index contributed by atoms with van der Waals surface area (Å²) in [4.78, 5) is 23.4. The third-order valence-electron chi connectivity index (χ3n) is 6.42. The maximum Gasteiger partial charge on any atom is 0.262 e. The highest BCUT2D eigenvalue weighted by Crippen LogP contribution is 2.35. The zero-order valence-corrected chi connectivity index (χ0v) is 18.3. The number of piperidine rings is 1. The molecule has 0 aliphatic carbocycles. The molecule has 0 spiro atoms. The largest absolute Gasteiger partial charge is 0.384 e. The van der Waals surface area contributed by atoms with Crippen molar-refractivity contribution in [3.8, 4) is 11.4 Å². The molecule has 3 aromatic rings. The fourth-order valence-corrected chi connectivity index (χ4v) is 4.89. The predicted octanol–water partition coefficient (Wildman–Crippen LogP) is 4.93. The Balaban J connectivity index is 1.94. The number of imidazole rings is 1. The van der Waals surface area contributed by atoms with Crippen molar-refractivity contribution in [3.05, 3.63) is 40.8 Å². The average Bonchev–Trinajstić information content (AvgIpc) is 3.15. The number of nitrogen functional groups attached to an aromatic ring is 1. The second kappa shape index (κ2) is 8.54. The molecule has 1 fully saturated rings. The van der Waals surface area contributed by atoms with Gasteiger partial charge in [-0.2, -0.15) is 0 Å². The Labute approximate surface area is 178 Å². The number of H-pyrrole nitrogens is 1. The van der Waals surface area contributed by atoms with Crippen molar-refractivity contribution in [2.24, 2.45) is 0 Å². The summed E-state index contributed by atoms with van der Waals surface area (Å²) in [5.41, 5.74) is 8.64. The van der Waals surface area contributed by atoms with E-state index in [1.54, 1.807) is 6.20 Å². The van der Waals surface area contributed by atoms with E-state index >= 15 is 0 Å². The predicted molar refractivity (Wildman–Crippen MR) is 125 cm³/mol. The maximum atomic E-state index is 13.5. The van der Waals surface area contributed by atoms with Gasteiger partial charge in [0, 0.05) is 29.7 Å². The lowest BCUT2D eigenvalue weighted by Crippen LogP contribution is -2.44. The third-order valence-corrected chi connectivity index (χ3v) is 6.42. The lowest BCUT2D eigenvalue weighted by molar-refractivity contribution is 0.415. The van der Waals surface area contributed by atoms with Crippen molar-refractivity contribution in [1.82, 2.24) is 14.5 Å². The van der Waals surface area contributed by atoms with Gasteiger partial charge in [-0.1, -0.05) is 25.8 Å². The van der Waals surface area contributed by atoms with Gasteiger partial charge in [-0.15, -0.1) is 0 Å². The summed E-state index contributed by atoms with van der Waals surface area (Å²) < 4.78 is 1.93.